The van der Waals surface area contributed by atoms with E-state index in [-0.39, 0.29) is 27.5 Å². The third kappa shape index (κ3) is 5.57. The summed E-state index contributed by atoms with van der Waals surface area (Å²) in [5, 5.41) is 17.2. The molecule has 72 valence electrons. The normalized spacial score (nSPS) is 16.7. The lowest BCUT2D eigenvalue weighted by atomic mass is 10.4. The van der Waals surface area contributed by atoms with E-state index in [1.54, 1.807) is 6.92 Å². The second-order valence-electron chi connectivity index (χ2n) is 2.40. The van der Waals surface area contributed by atoms with Crippen molar-refractivity contribution in [2.45, 2.75) is 19.1 Å². The highest BCUT2D eigenvalue weighted by atomic mass is 31.1. The average Bonchev–Trinajstić information content (AvgIpc) is 2.03. The van der Waals surface area contributed by atoms with E-state index in [2.05, 4.69) is 0 Å². The summed E-state index contributed by atoms with van der Waals surface area (Å²) in [5.41, 5.74) is 5.06. The Kier molecular flexibility index (Phi) is 6.42. The summed E-state index contributed by atoms with van der Waals surface area (Å²) in [7, 11) is -0.353. The molecule has 0 spiro atoms. The van der Waals surface area contributed by atoms with Crippen molar-refractivity contribution in [3.8, 4) is 0 Å². The van der Waals surface area contributed by atoms with Gasteiger partial charge in [0, 0.05) is 0 Å². The van der Waals surface area contributed by atoms with Crippen molar-refractivity contribution in [1.29, 1.82) is 0 Å². The molecule has 0 aliphatic carbocycles. The Bertz CT molecular complexity index is 142. The van der Waals surface area contributed by atoms with Gasteiger partial charge in [-0.25, -0.2) is 0 Å². The number of hydrogen-bond donors (Lipinski definition) is 3. The molecule has 0 aromatic carbocycles. The first-order valence-corrected chi connectivity index (χ1v) is 4.45. The lowest BCUT2D eigenvalue weighted by Crippen LogP contribution is -2.24. The number of rotatable bonds is 6. The van der Waals surface area contributed by atoms with Gasteiger partial charge in [-0.1, -0.05) is 0 Å². The monoisotopic (exact) mass is 195 g/mol. The summed E-state index contributed by atoms with van der Waals surface area (Å²) in [6.45, 7) is 1.17. The van der Waals surface area contributed by atoms with E-state index < -0.39 is 12.1 Å². The van der Waals surface area contributed by atoms with Crippen LogP contribution in [0.5, 0.6) is 0 Å². The van der Waals surface area contributed by atoms with Crippen LogP contribution >= 0.6 is 8.81 Å². The molecule has 6 heteroatoms. The largest absolute Gasteiger partial charge is 0.394 e. The van der Waals surface area contributed by atoms with Crippen LogP contribution in [-0.4, -0.2) is 41.1 Å². The van der Waals surface area contributed by atoms with Crippen LogP contribution in [0.4, 0.5) is 0 Å². The van der Waals surface area contributed by atoms with E-state index in [0.29, 0.717) is 0 Å². The van der Waals surface area contributed by atoms with Crippen LogP contribution in [0.25, 0.3) is 0 Å². The maximum Gasteiger partial charge on any atom is 0.194 e. The first kappa shape index (κ1) is 11.9. The van der Waals surface area contributed by atoms with Crippen molar-refractivity contribution in [3.63, 3.8) is 0 Å². The molecule has 0 aromatic heterocycles. The molecule has 0 aliphatic heterocycles. The van der Waals surface area contributed by atoms with Gasteiger partial charge in [0.05, 0.1) is 28.1 Å². The van der Waals surface area contributed by atoms with Gasteiger partial charge in [-0.05, 0) is 6.92 Å². The van der Waals surface area contributed by atoms with Crippen LogP contribution in [0, 0.1) is 0 Å². The third-order valence-electron chi connectivity index (χ3n) is 1.07. The highest BCUT2D eigenvalue weighted by molar-refractivity contribution is 7.53. The standard InChI is InChI=1S/C6H14NO4P/c1-4(7)6(10)12-11-3-5(9)2-8/h4-5,8-9,12H,2-3,7H2,1H3. The third-order valence-corrected chi connectivity index (χ3v) is 2.04. The molecule has 0 aromatic rings. The summed E-state index contributed by atoms with van der Waals surface area (Å²) in [4.78, 5) is 10.8. The molecule has 5 nitrogen and oxygen atoms in total. The number of carbonyl (C=O) groups is 1. The molecule has 0 saturated heterocycles. The number of carbonyl (C=O) groups excluding carboxylic acids is 1. The quantitative estimate of drug-likeness (QED) is 0.464. The van der Waals surface area contributed by atoms with Gasteiger partial charge in [-0.3, -0.25) is 4.79 Å². The van der Waals surface area contributed by atoms with E-state index in [1.807, 2.05) is 0 Å². The Hall–Kier alpha value is -0.0600. The van der Waals surface area contributed by atoms with Crippen molar-refractivity contribution in [1.82, 2.24) is 0 Å². The molecule has 0 radical (unpaired) electrons. The molecule has 3 atom stereocenters. The molecule has 0 rings (SSSR count). The van der Waals surface area contributed by atoms with Gasteiger partial charge in [0.1, 0.15) is 6.10 Å². The molecule has 4 N–H and O–H groups in total. The first-order valence-electron chi connectivity index (χ1n) is 3.54. The summed E-state index contributed by atoms with van der Waals surface area (Å²) in [6.07, 6.45) is -0.918. The molecule has 0 amide bonds. The Labute approximate surface area is 72.8 Å². The lowest BCUT2D eigenvalue weighted by molar-refractivity contribution is -0.112. The van der Waals surface area contributed by atoms with E-state index in [0.717, 1.165) is 0 Å². The number of aliphatic hydroxyl groups excluding tert-OH is 2. The minimum Gasteiger partial charge on any atom is -0.394 e. The SMILES string of the molecule is CC(N)C(=O)POCC(O)CO. The Morgan fingerprint density at radius 3 is 2.75 bits per heavy atom. The van der Waals surface area contributed by atoms with Gasteiger partial charge in [0.25, 0.3) is 0 Å². The van der Waals surface area contributed by atoms with Gasteiger partial charge in [0.2, 0.25) is 0 Å². The van der Waals surface area contributed by atoms with E-state index >= 15 is 0 Å². The topological polar surface area (TPSA) is 92.8 Å². The molecular weight excluding hydrogens is 181 g/mol. The predicted octanol–water partition coefficient (Wildman–Crippen LogP) is -1.18. The van der Waals surface area contributed by atoms with Crippen LogP contribution in [0.1, 0.15) is 6.92 Å². The van der Waals surface area contributed by atoms with Crippen LogP contribution in [0.2, 0.25) is 0 Å². The van der Waals surface area contributed by atoms with E-state index in [4.69, 9.17) is 20.5 Å². The van der Waals surface area contributed by atoms with E-state index in [9.17, 15) is 4.79 Å². The van der Waals surface area contributed by atoms with E-state index in [1.165, 1.54) is 0 Å². The average molecular weight is 195 g/mol. The van der Waals surface area contributed by atoms with Gasteiger partial charge in [0.15, 0.2) is 5.52 Å². The van der Waals surface area contributed by atoms with Crippen molar-refractivity contribution in [2.24, 2.45) is 5.73 Å². The highest BCUT2D eigenvalue weighted by Gasteiger charge is 2.09. The minimum absolute atomic E-state index is 0.0343. The smallest absolute Gasteiger partial charge is 0.194 e. The maximum atomic E-state index is 10.8. The van der Waals surface area contributed by atoms with Gasteiger partial charge in [-0.2, -0.15) is 0 Å². The van der Waals surface area contributed by atoms with Crippen LogP contribution in [0.3, 0.4) is 0 Å². The number of hydrogen-bond acceptors (Lipinski definition) is 5. The fourth-order valence-electron chi connectivity index (χ4n) is 0.355. The zero-order valence-corrected chi connectivity index (χ0v) is 7.86. The molecule has 0 aliphatic rings. The zero-order valence-electron chi connectivity index (χ0n) is 6.86. The molecule has 0 heterocycles. The molecule has 3 unspecified atom stereocenters. The second kappa shape index (κ2) is 6.46. The van der Waals surface area contributed by atoms with Crippen LogP contribution < -0.4 is 5.73 Å². The predicted molar refractivity (Wildman–Crippen MR) is 46.0 cm³/mol. The maximum absolute atomic E-state index is 10.8. The Morgan fingerprint density at radius 1 is 1.75 bits per heavy atom. The fourth-order valence-corrected chi connectivity index (χ4v) is 0.959. The van der Waals surface area contributed by atoms with Gasteiger partial charge in [-0.15, -0.1) is 0 Å². The Morgan fingerprint density at radius 2 is 2.33 bits per heavy atom. The van der Waals surface area contributed by atoms with Crippen molar-refractivity contribution in [2.75, 3.05) is 13.2 Å². The summed E-state index contributed by atoms with van der Waals surface area (Å²) < 4.78 is 4.80. The lowest BCUT2D eigenvalue weighted by Gasteiger charge is -2.08. The zero-order chi connectivity index (χ0) is 9.56. The molecule has 0 fully saturated rings. The first-order chi connectivity index (χ1) is 5.57. The van der Waals surface area contributed by atoms with Crippen molar-refractivity contribution < 1.29 is 19.5 Å². The van der Waals surface area contributed by atoms with Crippen LogP contribution in [0.15, 0.2) is 0 Å². The summed E-state index contributed by atoms with van der Waals surface area (Å²) in [6, 6.07) is -0.533. The fraction of sp³-hybridized carbons (Fsp3) is 0.833. The van der Waals surface area contributed by atoms with Crippen molar-refractivity contribution in [3.05, 3.63) is 0 Å². The van der Waals surface area contributed by atoms with Gasteiger partial charge >= 0.3 is 0 Å². The molecule has 0 bridgehead atoms. The Balaban J connectivity index is 3.37. The molecule has 12 heavy (non-hydrogen) atoms. The molecule has 0 saturated carbocycles. The second-order valence-corrected chi connectivity index (χ2v) is 3.39. The summed E-state index contributed by atoms with van der Waals surface area (Å²) >= 11 is 0. The molecular formula is C6H14NO4P. The number of nitrogens with two attached hydrogens (primary N) is 1. The van der Waals surface area contributed by atoms with Crippen LogP contribution in [-0.2, 0) is 9.32 Å². The highest BCUT2D eigenvalue weighted by Crippen LogP contribution is 2.14. The minimum atomic E-state index is -0.918. The number of aliphatic hydroxyl groups is 2. The summed E-state index contributed by atoms with van der Waals surface area (Å²) in [5.74, 6) is 0. The van der Waals surface area contributed by atoms with Crippen molar-refractivity contribution >= 4 is 14.3 Å². The van der Waals surface area contributed by atoms with Gasteiger partial charge < -0.3 is 20.5 Å².